The van der Waals surface area contributed by atoms with Gasteiger partial charge >= 0.3 is 0 Å². The summed E-state index contributed by atoms with van der Waals surface area (Å²) in [6.07, 6.45) is 1.00. The van der Waals surface area contributed by atoms with Gasteiger partial charge in [-0.05, 0) is 50.1 Å². The maximum absolute atomic E-state index is 14.3. The number of rotatable bonds is 5. The summed E-state index contributed by atoms with van der Waals surface area (Å²) < 4.78 is 15.0. The van der Waals surface area contributed by atoms with Crippen LogP contribution in [0.1, 0.15) is 41.0 Å². The summed E-state index contributed by atoms with van der Waals surface area (Å²) in [5.74, 6) is -0.166. The van der Waals surface area contributed by atoms with Crippen LogP contribution in [0.15, 0.2) is 24.3 Å². The van der Waals surface area contributed by atoms with E-state index in [-0.39, 0.29) is 11.9 Å². The number of hydrogen-bond donors (Lipinski definition) is 1. The molecule has 2 aromatic rings. The van der Waals surface area contributed by atoms with Crippen LogP contribution in [0.25, 0.3) is 0 Å². The van der Waals surface area contributed by atoms with E-state index >= 15 is 0 Å². The van der Waals surface area contributed by atoms with Crippen LogP contribution in [-0.4, -0.2) is 6.54 Å². The number of halogens is 2. The number of aryl methyl sites for hydroxylation is 2. The summed E-state index contributed by atoms with van der Waals surface area (Å²) in [6.45, 7) is 6.81. The Balaban J connectivity index is 2.41. The highest BCUT2D eigenvalue weighted by Gasteiger charge is 2.20. The lowest BCUT2D eigenvalue weighted by atomic mass is 10.0. The lowest BCUT2D eigenvalue weighted by Gasteiger charge is -2.18. The molecule has 0 aliphatic carbocycles. The van der Waals surface area contributed by atoms with Crippen molar-refractivity contribution in [2.75, 3.05) is 6.54 Å². The fourth-order valence-electron chi connectivity index (χ4n) is 2.14. The minimum absolute atomic E-state index is 0.133. The fraction of sp³-hybridized carbons (Fsp3) is 0.375. The van der Waals surface area contributed by atoms with E-state index in [9.17, 15) is 4.39 Å². The lowest BCUT2D eigenvalue weighted by Crippen LogP contribution is -2.23. The van der Waals surface area contributed by atoms with E-state index in [0.29, 0.717) is 5.56 Å². The molecule has 0 amide bonds. The molecule has 4 heteroatoms. The third-order valence-electron chi connectivity index (χ3n) is 3.23. The molecule has 1 atom stereocenters. The monoisotopic (exact) mass is 311 g/mol. The van der Waals surface area contributed by atoms with Crippen LogP contribution in [-0.2, 0) is 0 Å². The third kappa shape index (κ3) is 3.40. The molecule has 0 aliphatic rings. The Hall–Kier alpha value is -0.900. The minimum atomic E-state index is -0.166. The Morgan fingerprint density at radius 1 is 1.30 bits per heavy atom. The summed E-state index contributed by atoms with van der Waals surface area (Å²) in [4.78, 5) is 1.06. The highest BCUT2D eigenvalue weighted by atomic mass is 35.5. The van der Waals surface area contributed by atoms with Crippen molar-refractivity contribution < 1.29 is 4.39 Å². The van der Waals surface area contributed by atoms with Gasteiger partial charge in [0.2, 0.25) is 0 Å². The molecule has 1 unspecified atom stereocenters. The van der Waals surface area contributed by atoms with Gasteiger partial charge in [0.05, 0.1) is 10.4 Å². The quantitative estimate of drug-likeness (QED) is 0.795. The average Bonchev–Trinajstić information content (AvgIpc) is 2.72. The van der Waals surface area contributed by atoms with Crippen LogP contribution in [0.5, 0.6) is 0 Å². The Labute approximate surface area is 128 Å². The number of nitrogens with one attached hydrogen (secondary N) is 1. The maximum atomic E-state index is 14.3. The topological polar surface area (TPSA) is 12.0 Å². The van der Waals surface area contributed by atoms with E-state index in [1.807, 2.05) is 32.0 Å². The number of thiophene rings is 1. The first-order valence-electron chi connectivity index (χ1n) is 6.78. The van der Waals surface area contributed by atoms with E-state index in [1.165, 1.54) is 11.3 Å². The smallest absolute Gasteiger partial charge is 0.128 e. The van der Waals surface area contributed by atoms with Crippen LogP contribution in [0.3, 0.4) is 0 Å². The standard InChI is InChI=1S/C16H19ClFNS/c1-4-7-19-15(14-9-11(3)16(17)20-14)12-6-5-10(2)8-13(12)18/h5-6,8-9,15,19H,4,7H2,1-3H3. The zero-order valence-electron chi connectivity index (χ0n) is 12.0. The van der Waals surface area contributed by atoms with Crippen LogP contribution >= 0.6 is 22.9 Å². The van der Waals surface area contributed by atoms with Gasteiger partial charge in [0.1, 0.15) is 5.82 Å². The molecule has 1 aromatic carbocycles. The normalized spacial score (nSPS) is 12.7. The molecule has 0 saturated heterocycles. The molecular formula is C16H19ClFNS. The first kappa shape index (κ1) is 15.5. The molecule has 0 spiro atoms. The molecule has 0 saturated carbocycles. The molecule has 20 heavy (non-hydrogen) atoms. The number of hydrogen-bond acceptors (Lipinski definition) is 2. The van der Waals surface area contributed by atoms with Crippen LogP contribution in [0, 0.1) is 19.7 Å². The van der Waals surface area contributed by atoms with E-state index < -0.39 is 0 Å². The lowest BCUT2D eigenvalue weighted by molar-refractivity contribution is 0.550. The Bertz CT molecular complexity index is 575. The van der Waals surface area contributed by atoms with Crippen molar-refractivity contribution >= 4 is 22.9 Å². The molecule has 1 heterocycles. The predicted octanol–water partition coefficient (Wildman–Crippen LogP) is 5.25. The van der Waals surface area contributed by atoms with E-state index in [0.717, 1.165) is 33.3 Å². The minimum Gasteiger partial charge on any atom is -0.306 e. The van der Waals surface area contributed by atoms with Crippen molar-refractivity contribution in [2.24, 2.45) is 0 Å². The summed E-state index contributed by atoms with van der Waals surface area (Å²) in [5, 5.41) is 3.41. The SMILES string of the molecule is CCCNC(c1cc(C)c(Cl)s1)c1ccc(C)cc1F. The third-order valence-corrected chi connectivity index (χ3v) is 4.85. The van der Waals surface area contributed by atoms with Gasteiger partial charge in [0.25, 0.3) is 0 Å². The van der Waals surface area contributed by atoms with Gasteiger partial charge in [0, 0.05) is 10.4 Å². The van der Waals surface area contributed by atoms with Crippen molar-refractivity contribution in [3.8, 4) is 0 Å². The molecule has 1 nitrogen and oxygen atoms in total. The van der Waals surface area contributed by atoms with Gasteiger partial charge in [0.15, 0.2) is 0 Å². The highest BCUT2D eigenvalue weighted by molar-refractivity contribution is 7.16. The van der Waals surface area contributed by atoms with Crippen molar-refractivity contribution in [3.05, 3.63) is 56.0 Å². The fourth-order valence-corrected chi connectivity index (χ4v) is 3.46. The molecule has 2 rings (SSSR count). The molecule has 1 aromatic heterocycles. The first-order chi connectivity index (χ1) is 9.52. The molecule has 0 aliphatic heterocycles. The zero-order valence-corrected chi connectivity index (χ0v) is 13.5. The maximum Gasteiger partial charge on any atom is 0.128 e. The van der Waals surface area contributed by atoms with Crippen LogP contribution in [0.2, 0.25) is 4.34 Å². The van der Waals surface area contributed by atoms with Crippen LogP contribution < -0.4 is 5.32 Å². The molecule has 0 bridgehead atoms. The van der Waals surface area contributed by atoms with Gasteiger partial charge in [-0.25, -0.2) is 4.39 Å². The molecule has 0 fully saturated rings. The van der Waals surface area contributed by atoms with Gasteiger partial charge in [-0.1, -0.05) is 30.7 Å². The summed E-state index contributed by atoms with van der Waals surface area (Å²) >= 11 is 7.67. The van der Waals surface area contributed by atoms with E-state index in [1.54, 1.807) is 6.07 Å². The average molecular weight is 312 g/mol. The van der Waals surface area contributed by atoms with Crippen molar-refractivity contribution in [1.29, 1.82) is 0 Å². The van der Waals surface area contributed by atoms with Crippen LogP contribution in [0.4, 0.5) is 4.39 Å². The van der Waals surface area contributed by atoms with E-state index in [2.05, 4.69) is 12.2 Å². The molecular weight excluding hydrogens is 293 g/mol. The largest absolute Gasteiger partial charge is 0.306 e. The second-order valence-corrected chi connectivity index (χ2v) is 6.70. The van der Waals surface area contributed by atoms with Gasteiger partial charge in [-0.15, -0.1) is 11.3 Å². The predicted molar refractivity (Wildman–Crippen MR) is 85.3 cm³/mol. The molecule has 1 N–H and O–H groups in total. The van der Waals surface area contributed by atoms with Crippen molar-refractivity contribution in [3.63, 3.8) is 0 Å². The van der Waals surface area contributed by atoms with Gasteiger partial charge in [-0.3, -0.25) is 0 Å². The highest BCUT2D eigenvalue weighted by Crippen LogP contribution is 2.35. The Morgan fingerprint density at radius 3 is 2.60 bits per heavy atom. The number of benzene rings is 1. The summed E-state index contributed by atoms with van der Waals surface area (Å²) in [5.41, 5.74) is 2.66. The second kappa shape index (κ2) is 6.70. The van der Waals surface area contributed by atoms with Gasteiger partial charge in [-0.2, -0.15) is 0 Å². The Morgan fingerprint density at radius 2 is 2.05 bits per heavy atom. The summed E-state index contributed by atoms with van der Waals surface area (Å²) in [7, 11) is 0. The summed E-state index contributed by atoms with van der Waals surface area (Å²) in [6, 6.07) is 7.30. The second-order valence-electron chi connectivity index (χ2n) is 5.02. The van der Waals surface area contributed by atoms with Crippen molar-refractivity contribution in [2.45, 2.75) is 33.2 Å². The van der Waals surface area contributed by atoms with E-state index in [4.69, 9.17) is 11.6 Å². The first-order valence-corrected chi connectivity index (χ1v) is 7.97. The molecule has 0 radical (unpaired) electrons. The zero-order chi connectivity index (χ0) is 14.7. The Kier molecular flexibility index (Phi) is 5.19. The van der Waals surface area contributed by atoms with Crippen molar-refractivity contribution in [1.82, 2.24) is 5.32 Å². The molecule has 108 valence electrons. The van der Waals surface area contributed by atoms with Gasteiger partial charge < -0.3 is 5.32 Å².